The summed E-state index contributed by atoms with van der Waals surface area (Å²) in [7, 11) is 0. The van der Waals surface area contributed by atoms with E-state index in [1.807, 2.05) is 0 Å². The molecule has 2 saturated carbocycles. The maximum absolute atomic E-state index is 9.94. The van der Waals surface area contributed by atoms with Crippen LogP contribution in [-0.2, 0) is 0 Å². The molecule has 0 atom stereocenters. The number of aromatic nitrogens is 3. The van der Waals surface area contributed by atoms with Crippen LogP contribution in [0.2, 0.25) is 0 Å². The van der Waals surface area contributed by atoms with Gasteiger partial charge in [-0.25, -0.2) is 4.98 Å². The number of hydrogen-bond donors (Lipinski definition) is 2. The second-order valence-electron chi connectivity index (χ2n) is 9.12. The summed E-state index contributed by atoms with van der Waals surface area (Å²) in [5, 5.41) is 14.6. The predicted molar refractivity (Wildman–Crippen MR) is 115 cm³/mol. The summed E-state index contributed by atoms with van der Waals surface area (Å²) in [6.07, 6.45) is 15.7. The Hall–Kier alpha value is -1.62. The molecule has 2 heterocycles. The minimum absolute atomic E-state index is 0.127. The molecule has 154 valence electrons. The van der Waals surface area contributed by atoms with Crippen LogP contribution in [0.5, 0.6) is 0 Å². The summed E-state index contributed by atoms with van der Waals surface area (Å²) in [6, 6.07) is 0.445. The molecule has 0 amide bonds. The van der Waals surface area contributed by atoms with E-state index >= 15 is 0 Å². The highest BCUT2D eigenvalue weighted by Crippen LogP contribution is 2.41. The molecule has 2 aromatic heterocycles. The van der Waals surface area contributed by atoms with Crippen LogP contribution in [0.3, 0.4) is 0 Å². The second kappa shape index (κ2) is 8.81. The quantitative estimate of drug-likeness (QED) is 0.653. The molecule has 28 heavy (non-hydrogen) atoms. The third kappa shape index (κ3) is 4.19. The first-order valence-corrected chi connectivity index (χ1v) is 11.4. The number of unbranched alkanes of at least 4 members (excludes halogenated alkanes) is 1. The Bertz CT molecular complexity index is 770. The molecule has 0 aliphatic heterocycles. The molecule has 0 aromatic carbocycles. The monoisotopic (exact) mass is 384 g/mol. The van der Waals surface area contributed by atoms with Crippen molar-refractivity contribution >= 4 is 17.0 Å². The van der Waals surface area contributed by atoms with Crippen LogP contribution in [0.15, 0.2) is 12.4 Å². The normalized spacial score (nSPS) is 28.5. The van der Waals surface area contributed by atoms with Crippen molar-refractivity contribution in [3.05, 3.63) is 18.0 Å². The highest BCUT2D eigenvalue weighted by atomic mass is 16.3. The van der Waals surface area contributed by atoms with Gasteiger partial charge in [-0.1, -0.05) is 33.1 Å². The lowest BCUT2D eigenvalue weighted by molar-refractivity contribution is 0.111. The molecule has 0 radical (unpaired) electrons. The lowest BCUT2D eigenvalue weighted by Gasteiger charge is -2.27. The Labute approximate surface area is 169 Å². The van der Waals surface area contributed by atoms with Gasteiger partial charge in [0.15, 0.2) is 0 Å². The first kappa shape index (κ1) is 19.7. The number of nitrogens with one attached hydrogen (secondary N) is 1. The van der Waals surface area contributed by atoms with Crippen molar-refractivity contribution in [1.29, 1.82) is 0 Å². The number of fused-ring (bicyclic) bond motifs is 1. The minimum Gasteiger partial charge on any atom is -0.393 e. The van der Waals surface area contributed by atoms with E-state index in [1.54, 1.807) is 0 Å². The van der Waals surface area contributed by atoms with E-state index in [9.17, 15) is 5.11 Å². The Kier molecular flexibility index (Phi) is 6.19. The van der Waals surface area contributed by atoms with Crippen LogP contribution in [0.1, 0.15) is 95.6 Å². The van der Waals surface area contributed by atoms with Crippen molar-refractivity contribution in [2.45, 2.75) is 96.1 Å². The SMILES string of the molecule is CCCCNc1ncc2c(n1)n([C@H]1CC[C@H](O)CC1)cc2[C@H]1CC[C@H](C)CC1. The van der Waals surface area contributed by atoms with Crippen molar-refractivity contribution in [3.63, 3.8) is 0 Å². The molecule has 0 unspecified atom stereocenters. The highest BCUT2D eigenvalue weighted by molar-refractivity contribution is 5.81. The van der Waals surface area contributed by atoms with E-state index in [4.69, 9.17) is 4.98 Å². The molecule has 0 bridgehead atoms. The fourth-order valence-corrected chi connectivity index (χ4v) is 5.03. The van der Waals surface area contributed by atoms with Crippen molar-refractivity contribution in [2.75, 3.05) is 11.9 Å². The predicted octanol–water partition coefficient (Wildman–Crippen LogP) is 5.41. The number of aliphatic hydroxyl groups is 1. The molecule has 2 aliphatic rings. The van der Waals surface area contributed by atoms with Gasteiger partial charge in [-0.2, -0.15) is 4.98 Å². The molecule has 0 saturated heterocycles. The molecular formula is C23H36N4O. The molecule has 2 aromatic rings. The zero-order chi connectivity index (χ0) is 19.5. The molecule has 2 fully saturated rings. The van der Waals surface area contributed by atoms with Crippen LogP contribution in [0.4, 0.5) is 5.95 Å². The van der Waals surface area contributed by atoms with E-state index in [-0.39, 0.29) is 6.10 Å². The molecule has 0 spiro atoms. The maximum atomic E-state index is 9.94. The average Bonchev–Trinajstić information content (AvgIpc) is 3.08. The second-order valence-corrected chi connectivity index (χ2v) is 9.12. The summed E-state index contributed by atoms with van der Waals surface area (Å²) in [4.78, 5) is 9.59. The topological polar surface area (TPSA) is 63.0 Å². The zero-order valence-electron chi connectivity index (χ0n) is 17.5. The van der Waals surface area contributed by atoms with Crippen molar-refractivity contribution in [1.82, 2.24) is 14.5 Å². The van der Waals surface area contributed by atoms with Crippen LogP contribution in [0.25, 0.3) is 11.0 Å². The first-order chi connectivity index (χ1) is 13.7. The van der Waals surface area contributed by atoms with Gasteiger partial charge in [0.1, 0.15) is 5.65 Å². The molecule has 2 N–H and O–H groups in total. The molecule has 5 nitrogen and oxygen atoms in total. The lowest BCUT2D eigenvalue weighted by Crippen LogP contribution is -2.21. The summed E-state index contributed by atoms with van der Waals surface area (Å²) in [6.45, 7) is 5.50. The summed E-state index contributed by atoms with van der Waals surface area (Å²) >= 11 is 0. The van der Waals surface area contributed by atoms with Crippen LogP contribution in [0, 0.1) is 5.92 Å². The number of aliphatic hydroxyl groups excluding tert-OH is 1. The fraction of sp³-hybridized carbons (Fsp3) is 0.739. The lowest BCUT2D eigenvalue weighted by atomic mass is 9.79. The smallest absolute Gasteiger partial charge is 0.224 e. The third-order valence-electron chi connectivity index (χ3n) is 6.93. The van der Waals surface area contributed by atoms with Gasteiger partial charge >= 0.3 is 0 Å². The van der Waals surface area contributed by atoms with E-state index < -0.39 is 0 Å². The molecular weight excluding hydrogens is 348 g/mol. The standard InChI is InChI=1S/C23H36N4O/c1-3-4-13-24-23-25-14-20-21(17-7-5-16(2)6-8-17)15-27(22(20)26-23)18-9-11-19(28)12-10-18/h14-19,28H,3-13H2,1-2H3,(H,24,25,26)/t16-,17-,18-,19-. The third-order valence-corrected chi connectivity index (χ3v) is 6.93. The maximum Gasteiger partial charge on any atom is 0.224 e. The van der Waals surface area contributed by atoms with Gasteiger partial charge in [-0.15, -0.1) is 0 Å². The van der Waals surface area contributed by atoms with Crippen LogP contribution in [-0.4, -0.2) is 32.3 Å². The number of nitrogens with zero attached hydrogens (tertiary/aromatic N) is 3. The highest BCUT2D eigenvalue weighted by Gasteiger charge is 2.27. The van der Waals surface area contributed by atoms with Gasteiger partial charge in [-0.3, -0.25) is 0 Å². The van der Waals surface area contributed by atoms with Gasteiger partial charge in [-0.05, 0) is 62.3 Å². The molecule has 2 aliphatic carbocycles. The molecule has 4 rings (SSSR count). The van der Waals surface area contributed by atoms with E-state index in [0.717, 1.165) is 56.2 Å². The zero-order valence-corrected chi connectivity index (χ0v) is 17.5. The Morgan fingerprint density at radius 3 is 2.57 bits per heavy atom. The van der Waals surface area contributed by atoms with E-state index in [1.165, 1.54) is 43.1 Å². The summed E-state index contributed by atoms with van der Waals surface area (Å²) in [5.41, 5.74) is 2.54. The summed E-state index contributed by atoms with van der Waals surface area (Å²) < 4.78 is 2.42. The van der Waals surface area contributed by atoms with Gasteiger partial charge in [0.05, 0.1) is 6.10 Å². The fourth-order valence-electron chi connectivity index (χ4n) is 5.03. The Morgan fingerprint density at radius 1 is 1.11 bits per heavy atom. The number of rotatable bonds is 6. The van der Waals surface area contributed by atoms with Gasteiger partial charge < -0.3 is 15.0 Å². The van der Waals surface area contributed by atoms with Crippen molar-refractivity contribution < 1.29 is 5.11 Å². The molecule has 5 heteroatoms. The van der Waals surface area contributed by atoms with E-state index in [0.29, 0.717) is 12.0 Å². The largest absolute Gasteiger partial charge is 0.393 e. The van der Waals surface area contributed by atoms with E-state index in [2.05, 4.69) is 41.1 Å². The van der Waals surface area contributed by atoms with Crippen LogP contribution < -0.4 is 5.32 Å². The Morgan fingerprint density at radius 2 is 1.86 bits per heavy atom. The first-order valence-electron chi connectivity index (χ1n) is 11.4. The number of hydrogen-bond acceptors (Lipinski definition) is 4. The van der Waals surface area contributed by atoms with Gasteiger partial charge in [0, 0.05) is 30.4 Å². The minimum atomic E-state index is -0.127. The van der Waals surface area contributed by atoms with Crippen LogP contribution >= 0.6 is 0 Å². The number of anilines is 1. The van der Waals surface area contributed by atoms with Gasteiger partial charge in [0.2, 0.25) is 5.95 Å². The van der Waals surface area contributed by atoms with Crippen molar-refractivity contribution in [3.8, 4) is 0 Å². The van der Waals surface area contributed by atoms with Crippen molar-refractivity contribution in [2.24, 2.45) is 5.92 Å². The van der Waals surface area contributed by atoms with Gasteiger partial charge in [0.25, 0.3) is 0 Å². The Balaban J connectivity index is 1.67. The summed E-state index contributed by atoms with van der Waals surface area (Å²) in [5.74, 6) is 2.24. The average molecular weight is 385 g/mol.